The summed E-state index contributed by atoms with van der Waals surface area (Å²) >= 11 is 0. The fourth-order valence-electron chi connectivity index (χ4n) is 3.79. The number of halogens is 2. The number of hydrogen-bond acceptors (Lipinski definition) is 6. The van der Waals surface area contributed by atoms with E-state index in [1.54, 1.807) is 6.92 Å². The Morgan fingerprint density at radius 2 is 1.68 bits per heavy atom. The van der Waals surface area contributed by atoms with E-state index in [-0.39, 0.29) is 30.4 Å². The molecule has 2 aromatic carbocycles. The number of hydrazone groups is 1. The number of hydrogen-bond donors (Lipinski definition) is 2. The lowest BCUT2D eigenvalue weighted by Crippen LogP contribution is -2.47. The van der Waals surface area contributed by atoms with Crippen LogP contribution in [-0.4, -0.2) is 60.8 Å². The minimum atomic E-state index is -3.11. The summed E-state index contributed by atoms with van der Waals surface area (Å²) in [6.45, 7) is 5.07. The summed E-state index contributed by atoms with van der Waals surface area (Å²) < 4.78 is 24.8. The molecule has 8 nitrogen and oxygen atoms in total. The van der Waals surface area contributed by atoms with Crippen LogP contribution in [0.4, 0.5) is 5.69 Å². The number of fused-ring (bicyclic) bond motifs is 1. The zero-order valence-corrected chi connectivity index (χ0v) is 21.5. The molecule has 0 spiro atoms. The Morgan fingerprint density at radius 3 is 2.32 bits per heavy atom. The first-order valence-corrected chi connectivity index (χ1v) is 12.3. The quantitative estimate of drug-likeness (QED) is 0.380. The Bertz CT molecular complexity index is 1300. The average molecular weight is 526 g/mol. The van der Waals surface area contributed by atoms with E-state index in [0.717, 1.165) is 41.8 Å². The van der Waals surface area contributed by atoms with Gasteiger partial charge < -0.3 is 4.98 Å². The van der Waals surface area contributed by atoms with Gasteiger partial charge in [0.1, 0.15) is 0 Å². The lowest BCUT2D eigenvalue weighted by molar-refractivity contribution is 0.182. The van der Waals surface area contributed by atoms with E-state index in [0.29, 0.717) is 24.4 Å². The highest BCUT2D eigenvalue weighted by Crippen LogP contribution is 2.15. The van der Waals surface area contributed by atoms with Crippen LogP contribution in [0.15, 0.2) is 64.5 Å². The molecular formula is C23H29Cl2N5O3S. The van der Waals surface area contributed by atoms with Gasteiger partial charge >= 0.3 is 0 Å². The zero-order valence-electron chi connectivity index (χ0n) is 19.0. The Balaban J connectivity index is 0.00000204. The predicted molar refractivity (Wildman–Crippen MR) is 143 cm³/mol. The number of benzene rings is 2. The van der Waals surface area contributed by atoms with Gasteiger partial charge in [0.25, 0.3) is 5.56 Å². The van der Waals surface area contributed by atoms with Gasteiger partial charge in [0.2, 0.25) is 10.0 Å². The van der Waals surface area contributed by atoms with Crippen molar-refractivity contribution in [1.82, 2.24) is 14.2 Å². The normalized spacial score (nSPS) is 15.4. The van der Waals surface area contributed by atoms with E-state index in [1.807, 2.05) is 54.6 Å². The molecule has 2 N–H and O–H groups in total. The summed E-state index contributed by atoms with van der Waals surface area (Å²) in [4.78, 5) is 17.5. The summed E-state index contributed by atoms with van der Waals surface area (Å²) in [5, 5.41) is 5.34. The number of aromatic nitrogens is 1. The number of sulfonamides is 1. The van der Waals surface area contributed by atoms with Crippen molar-refractivity contribution in [2.75, 3.05) is 37.9 Å². The van der Waals surface area contributed by atoms with E-state index < -0.39 is 10.0 Å². The molecule has 1 aliphatic rings. The van der Waals surface area contributed by atoms with Crippen LogP contribution in [0.2, 0.25) is 0 Å². The molecule has 0 aliphatic carbocycles. The average Bonchev–Trinajstić information content (AvgIpc) is 2.77. The van der Waals surface area contributed by atoms with E-state index in [2.05, 4.69) is 20.4 Å². The van der Waals surface area contributed by atoms with Crippen molar-refractivity contribution in [2.24, 2.45) is 5.10 Å². The molecular weight excluding hydrogens is 497 g/mol. The molecule has 1 fully saturated rings. The number of aromatic amines is 1. The second kappa shape index (κ2) is 11.8. The van der Waals surface area contributed by atoms with Crippen molar-refractivity contribution in [2.45, 2.75) is 13.5 Å². The second-order valence-corrected chi connectivity index (χ2v) is 10.0. The molecule has 34 heavy (non-hydrogen) atoms. The number of pyridine rings is 1. The zero-order chi connectivity index (χ0) is 22.7. The van der Waals surface area contributed by atoms with Gasteiger partial charge in [-0.25, -0.2) is 8.42 Å². The van der Waals surface area contributed by atoms with Crippen LogP contribution >= 0.6 is 24.8 Å². The number of nitrogens with one attached hydrogen (secondary N) is 2. The van der Waals surface area contributed by atoms with Crippen molar-refractivity contribution < 1.29 is 8.42 Å². The van der Waals surface area contributed by atoms with Crippen LogP contribution in [0.25, 0.3) is 10.9 Å². The molecule has 0 bridgehead atoms. The van der Waals surface area contributed by atoms with Gasteiger partial charge in [-0.05, 0) is 42.1 Å². The van der Waals surface area contributed by atoms with Crippen LogP contribution in [0.3, 0.4) is 0 Å². The molecule has 4 rings (SSSR count). The van der Waals surface area contributed by atoms with E-state index in [1.165, 1.54) is 10.6 Å². The standard InChI is InChI=1S/C23H27N5O3S.2ClH/c1-17(21-15-19-5-3-4-6-22(19)24-23(21)29)25-26-20-9-7-18(8-10-20)16-27-11-13-28(14-12-27)32(2,30)31;;/h3-10,15,26H,11-14,16H2,1-2H3,(H,24,29);2*1H/b25-17-;;. The van der Waals surface area contributed by atoms with Crippen molar-refractivity contribution >= 4 is 57.1 Å². The molecule has 0 unspecified atom stereocenters. The number of anilines is 1. The van der Waals surface area contributed by atoms with Crippen molar-refractivity contribution in [3.63, 3.8) is 0 Å². The van der Waals surface area contributed by atoms with Crippen LogP contribution in [0.1, 0.15) is 18.1 Å². The minimum absolute atomic E-state index is 0. The van der Waals surface area contributed by atoms with Crippen molar-refractivity contribution in [3.8, 4) is 0 Å². The number of para-hydroxylation sites is 1. The smallest absolute Gasteiger partial charge is 0.257 e. The maximum absolute atomic E-state index is 12.4. The van der Waals surface area contributed by atoms with Crippen LogP contribution in [0.5, 0.6) is 0 Å². The molecule has 1 saturated heterocycles. The third kappa shape index (κ3) is 6.80. The SMILES string of the molecule is C/C(=N/Nc1ccc(CN2CCN(S(C)(=O)=O)CC2)cc1)c1cc2ccccc2[nH]c1=O.Cl.Cl. The van der Waals surface area contributed by atoms with Gasteiger partial charge in [-0.3, -0.25) is 15.1 Å². The maximum atomic E-state index is 12.4. The number of nitrogens with zero attached hydrogens (tertiary/aromatic N) is 3. The lowest BCUT2D eigenvalue weighted by atomic mass is 10.1. The first kappa shape index (κ1) is 27.8. The fraction of sp³-hybridized carbons (Fsp3) is 0.304. The highest BCUT2D eigenvalue weighted by molar-refractivity contribution is 7.88. The Hall–Kier alpha value is -2.43. The molecule has 3 aromatic rings. The lowest BCUT2D eigenvalue weighted by Gasteiger charge is -2.33. The number of piperazine rings is 1. The summed E-state index contributed by atoms with van der Waals surface area (Å²) in [6.07, 6.45) is 1.26. The molecule has 0 atom stereocenters. The second-order valence-electron chi connectivity index (χ2n) is 8.04. The highest BCUT2D eigenvalue weighted by Gasteiger charge is 2.23. The molecule has 1 aromatic heterocycles. The molecule has 11 heteroatoms. The number of H-pyrrole nitrogens is 1. The molecule has 0 saturated carbocycles. The van der Waals surface area contributed by atoms with Gasteiger partial charge in [0, 0.05) is 38.2 Å². The van der Waals surface area contributed by atoms with Gasteiger partial charge in [-0.15, -0.1) is 24.8 Å². The third-order valence-corrected chi connectivity index (χ3v) is 6.96. The topological polar surface area (TPSA) is 97.9 Å². The number of rotatable bonds is 6. The molecule has 0 amide bonds. The Morgan fingerprint density at radius 1 is 1.03 bits per heavy atom. The van der Waals surface area contributed by atoms with Crippen LogP contribution in [0, 0.1) is 0 Å². The summed E-state index contributed by atoms with van der Waals surface area (Å²) in [6, 6.07) is 17.4. The third-order valence-electron chi connectivity index (χ3n) is 5.66. The van der Waals surface area contributed by atoms with Crippen molar-refractivity contribution in [3.05, 3.63) is 76.1 Å². The van der Waals surface area contributed by atoms with E-state index in [9.17, 15) is 13.2 Å². The fourth-order valence-corrected chi connectivity index (χ4v) is 4.61. The van der Waals surface area contributed by atoms with Gasteiger partial charge in [0.15, 0.2) is 0 Å². The Kier molecular flexibility index (Phi) is 9.66. The van der Waals surface area contributed by atoms with Gasteiger partial charge in [-0.2, -0.15) is 9.41 Å². The monoisotopic (exact) mass is 525 g/mol. The molecule has 184 valence electrons. The molecule has 1 aliphatic heterocycles. The minimum Gasteiger partial charge on any atom is -0.321 e. The van der Waals surface area contributed by atoms with Crippen LogP contribution < -0.4 is 11.0 Å². The predicted octanol–water partition coefficient (Wildman–Crippen LogP) is 3.29. The molecule has 2 heterocycles. The summed E-state index contributed by atoms with van der Waals surface area (Å²) in [7, 11) is -3.11. The summed E-state index contributed by atoms with van der Waals surface area (Å²) in [5.41, 5.74) is 6.76. The van der Waals surface area contributed by atoms with Gasteiger partial charge in [-0.1, -0.05) is 30.3 Å². The first-order valence-electron chi connectivity index (χ1n) is 10.5. The van der Waals surface area contributed by atoms with Crippen molar-refractivity contribution in [1.29, 1.82) is 0 Å². The largest absolute Gasteiger partial charge is 0.321 e. The molecule has 0 radical (unpaired) electrons. The van der Waals surface area contributed by atoms with Crippen LogP contribution in [-0.2, 0) is 16.6 Å². The van der Waals surface area contributed by atoms with E-state index in [4.69, 9.17) is 0 Å². The van der Waals surface area contributed by atoms with Gasteiger partial charge in [0.05, 0.1) is 23.2 Å². The Labute approximate surface area is 211 Å². The first-order chi connectivity index (χ1) is 15.3. The highest BCUT2D eigenvalue weighted by atomic mass is 35.5. The maximum Gasteiger partial charge on any atom is 0.257 e. The van der Waals surface area contributed by atoms with E-state index >= 15 is 0 Å². The summed E-state index contributed by atoms with van der Waals surface area (Å²) in [5.74, 6) is 0.